The van der Waals surface area contributed by atoms with E-state index in [2.05, 4.69) is 39.0 Å². The number of ether oxygens (including phenoxy) is 3. The van der Waals surface area contributed by atoms with Crippen LogP contribution in [-0.4, -0.2) is 60.2 Å². The van der Waals surface area contributed by atoms with Crippen molar-refractivity contribution in [1.29, 1.82) is 0 Å². The van der Waals surface area contributed by atoms with E-state index in [1.807, 2.05) is 103 Å². The maximum atomic E-state index is 15.3. The molecule has 0 unspecified atom stereocenters. The van der Waals surface area contributed by atoms with Gasteiger partial charge in [-0.25, -0.2) is 0 Å². The number of fused-ring (bicyclic) bond motifs is 4. The SMILES string of the molecule is COc1ccc(C(C)(C)[C@H]2[C@H](CC(=O)N3Cc4ccccc4C[C@H]3CO)O[C@@]3(C(=O)N(Cc4ccc(N5C(=O)COc6ccccc65)cc4)c4ccccc43)[C@@H]2C)cc1. The van der Waals surface area contributed by atoms with Gasteiger partial charge in [0.25, 0.3) is 11.8 Å². The van der Waals surface area contributed by atoms with Gasteiger partial charge in [-0.3, -0.25) is 19.3 Å². The molecule has 302 valence electrons. The number of rotatable bonds is 9. The molecule has 9 rings (SSSR count). The molecule has 1 fully saturated rings. The van der Waals surface area contributed by atoms with E-state index in [1.165, 1.54) is 0 Å². The van der Waals surface area contributed by atoms with Gasteiger partial charge in [0, 0.05) is 29.6 Å². The van der Waals surface area contributed by atoms with E-state index < -0.39 is 17.1 Å². The summed E-state index contributed by atoms with van der Waals surface area (Å²) in [4.78, 5) is 48.3. The first-order valence-corrected chi connectivity index (χ1v) is 20.4. The molecule has 1 spiro atoms. The maximum absolute atomic E-state index is 15.3. The lowest BCUT2D eigenvalue weighted by Gasteiger charge is -2.40. The van der Waals surface area contributed by atoms with Gasteiger partial charge in [-0.2, -0.15) is 0 Å². The fourth-order valence-electron chi connectivity index (χ4n) is 10.3. The largest absolute Gasteiger partial charge is 0.497 e. The molecule has 4 aliphatic heterocycles. The van der Waals surface area contributed by atoms with Crippen LogP contribution in [0.1, 0.15) is 55.0 Å². The van der Waals surface area contributed by atoms with Crippen LogP contribution in [0.5, 0.6) is 11.5 Å². The molecule has 0 aromatic heterocycles. The van der Waals surface area contributed by atoms with Crippen molar-refractivity contribution in [2.75, 3.05) is 30.1 Å². The Kier molecular flexibility index (Phi) is 9.80. The van der Waals surface area contributed by atoms with Gasteiger partial charge in [0.1, 0.15) is 11.5 Å². The molecular weight excluding hydrogens is 743 g/mol. The van der Waals surface area contributed by atoms with Gasteiger partial charge < -0.3 is 29.1 Å². The second-order valence-corrected chi connectivity index (χ2v) is 16.8. The van der Waals surface area contributed by atoms with Gasteiger partial charge >= 0.3 is 0 Å². The third kappa shape index (κ3) is 6.37. The van der Waals surface area contributed by atoms with E-state index in [0.29, 0.717) is 30.1 Å². The minimum atomic E-state index is -1.36. The Bertz CT molecular complexity index is 2410. The first kappa shape index (κ1) is 38.5. The van der Waals surface area contributed by atoms with Crippen molar-refractivity contribution in [3.8, 4) is 11.5 Å². The second-order valence-electron chi connectivity index (χ2n) is 16.8. The second kappa shape index (κ2) is 15.0. The molecule has 10 heteroatoms. The highest BCUT2D eigenvalue weighted by atomic mass is 16.5. The van der Waals surface area contributed by atoms with E-state index in [9.17, 15) is 14.7 Å². The third-order valence-electron chi connectivity index (χ3n) is 13.2. The summed E-state index contributed by atoms with van der Waals surface area (Å²) in [5.41, 5.74) is 5.20. The lowest BCUT2D eigenvalue weighted by atomic mass is 9.63. The highest BCUT2D eigenvalue weighted by molar-refractivity contribution is 6.08. The van der Waals surface area contributed by atoms with Crippen LogP contribution in [0.2, 0.25) is 0 Å². The number of aliphatic hydroxyl groups excluding tert-OH is 1. The summed E-state index contributed by atoms with van der Waals surface area (Å²) in [6, 6.07) is 38.7. The van der Waals surface area contributed by atoms with Gasteiger partial charge in [-0.1, -0.05) is 99.6 Å². The van der Waals surface area contributed by atoms with Crippen LogP contribution in [-0.2, 0) is 49.6 Å². The number of carbonyl (C=O) groups is 3. The van der Waals surface area contributed by atoms with Crippen LogP contribution in [0, 0.1) is 11.8 Å². The van der Waals surface area contributed by atoms with Gasteiger partial charge in [-0.15, -0.1) is 0 Å². The van der Waals surface area contributed by atoms with Gasteiger partial charge in [0.15, 0.2) is 12.2 Å². The van der Waals surface area contributed by atoms with Crippen molar-refractivity contribution in [3.05, 3.63) is 149 Å². The minimum Gasteiger partial charge on any atom is -0.497 e. The van der Waals surface area contributed by atoms with Gasteiger partial charge in [0.05, 0.1) is 50.2 Å². The van der Waals surface area contributed by atoms with E-state index in [1.54, 1.807) is 21.8 Å². The number of amides is 3. The zero-order valence-electron chi connectivity index (χ0n) is 33.8. The van der Waals surface area contributed by atoms with E-state index >= 15 is 4.79 Å². The minimum absolute atomic E-state index is 0.0467. The molecule has 0 bridgehead atoms. The van der Waals surface area contributed by atoms with Crippen LogP contribution in [0.3, 0.4) is 0 Å². The standard InChI is InChI=1S/C49H49N3O7/c1-31-46(48(2,3)35-19-23-38(57-4)24-20-35)43(26-44(54)50-28-34-12-6-5-11-33(34)25-37(50)29-53)59-49(31)39-13-7-8-14-40(39)51(47(49)56)27-32-17-21-36(22-18-32)52-41-15-9-10-16-42(41)58-30-45(52)55/h5-24,31,37,43,46,53H,25-30H2,1-4H3/t31-,37+,43+,46-,49+/m1/s1. The lowest BCUT2D eigenvalue weighted by molar-refractivity contribution is -0.151. The molecule has 4 heterocycles. The summed E-state index contributed by atoms with van der Waals surface area (Å²) in [5.74, 6) is 0.338. The summed E-state index contributed by atoms with van der Waals surface area (Å²) in [6.07, 6.45) is -0.00522. The van der Waals surface area contributed by atoms with E-state index in [-0.39, 0.29) is 61.8 Å². The maximum Gasteiger partial charge on any atom is 0.269 e. The molecule has 4 aliphatic rings. The molecule has 0 radical (unpaired) electrons. The summed E-state index contributed by atoms with van der Waals surface area (Å²) in [7, 11) is 1.64. The Hall–Kier alpha value is -5.97. The molecule has 0 aliphatic carbocycles. The Morgan fingerprint density at radius 1 is 0.864 bits per heavy atom. The molecule has 1 saturated heterocycles. The predicted molar refractivity (Wildman–Crippen MR) is 225 cm³/mol. The van der Waals surface area contributed by atoms with Gasteiger partial charge in [0.2, 0.25) is 5.91 Å². The highest BCUT2D eigenvalue weighted by Crippen LogP contribution is 2.60. The van der Waals surface area contributed by atoms with Crippen LogP contribution < -0.4 is 19.3 Å². The average Bonchev–Trinajstić information content (AvgIpc) is 3.69. The number of hydrogen-bond donors (Lipinski definition) is 1. The molecule has 5 aromatic carbocycles. The molecule has 59 heavy (non-hydrogen) atoms. The summed E-state index contributed by atoms with van der Waals surface area (Å²) >= 11 is 0. The molecule has 0 saturated carbocycles. The smallest absolute Gasteiger partial charge is 0.269 e. The topological polar surface area (TPSA) is 109 Å². The fraction of sp³-hybridized carbons (Fsp3) is 0.327. The number of para-hydroxylation sites is 3. The van der Waals surface area contributed by atoms with E-state index in [0.717, 1.165) is 39.3 Å². The molecule has 10 nitrogen and oxygen atoms in total. The number of methoxy groups -OCH3 is 1. The molecule has 3 amide bonds. The van der Waals surface area contributed by atoms with Crippen molar-refractivity contribution in [3.63, 3.8) is 0 Å². The quantitative estimate of drug-likeness (QED) is 0.165. The molecule has 1 N–H and O–H groups in total. The first-order chi connectivity index (χ1) is 28.5. The van der Waals surface area contributed by atoms with Crippen molar-refractivity contribution >= 4 is 34.8 Å². The number of hydrogen-bond acceptors (Lipinski definition) is 7. The molecular formula is C49H49N3O7. The summed E-state index contributed by atoms with van der Waals surface area (Å²) in [5, 5.41) is 10.5. The Balaban J connectivity index is 1.05. The zero-order chi connectivity index (χ0) is 41.1. The number of anilines is 3. The number of benzene rings is 5. The monoisotopic (exact) mass is 791 g/mol. The van der Waals surface area contributed by atoms with Crippen LogP contribution >= 0.6 is 0 Å². The highest BCUT2D eigenvalue weighted by Gasteiger charge is 2.66. The fourth-order valence-corrected chi connectivity index (χ4v) is 10.3. The lowest BCUT2D eigenvalue weighted by Crippen LogP contribution is -2.48. The Morgan fingerprint density at radius 2 is 1.54 bits per heavy atom. The summed E-state index contributed by atoms with van der Waals surface area (Å²) < 4.78 is 18.4. The third-order valence-corrected chi connectivity index (χ3v) is 13.2. The number of nitrogens with zero attached hydrogens (tertiary/aromatic N) is 3. The van der Waals surface area contributed by atoms with Crippen molar-refractivity contribution in [2.24, 2.45) is 11.8 Å². The molecule has 5 aromatic rings. The average molecular weight is 792 g/mol. The van der Waals surface area contributed by atoms with Crippen LogP contribution in [0.15, 0.2) is 121 Å². The van der Waals surface area contributed by atoms with Gasteiger partial charge in [-0.05, 0) is 76.6 Å². The molecule has 5 atom stereocenters. The number of carbonyl (C=O) groups excluding carboxylic acids is 3. The zero-order valence-corrected chi connectivity index (χ0v) is 33.8. The van der Waals surface area contributed by atoms with Crippen molar-refractivity contribution in [2.45, 2.75) is 69.9 Å². The van der Waals surface area contributed by atoms with E-state index in [4.69, 9.17) is 14.2 Å². The Labute approximate surface area is 344 Å². The summed E-state index contributed by atoms with van der Waals surface area (Å²) in [6.45, 7) is 6.93. The Morgan fingerprint density at radius 3 is 2.27 bits per heavy atom. The van der Waals surface area contributed by atoms with Crippen molar-refractivity contribution < 1.29 is 33.7 Å². The van der Waals surface area contributed by atoms with Crippen LogP contribution in [0.25, 0.3) is 0 Å². The normalized spacial score (nSPS) is 23.5. The number of aliphatic hydroxyl groups is 1. The predicted octanol–water partition coefficient (Wildman–Crippen LogP) is 7.46. The van der Waals surface area contributed by atoms with Crippen molar-refractivity contribution in [1.82, 2.24) is 4.90 Å². The first-order valence-electron chi connectivity index (χ1n) is 20.4. The van der Waals surface area contributed by atoms with Crippen LogP contribution in [0.4, 0.5) is 17.1 Å².